The van der Waals surface area contributed by atoms with Gasteiger partial charge in [0.05, 0.1) is 4.90 Å². The molecule has 1 N–H and O–H groups in total. The molecule has 4 rings (SSSR count). The van der Waals surface area contributed by atoms with Crippen molar-refractivity contribution in [2.24, 2.45) is 11.8 Å². The van der Waals surface area contributed by atoms with E-state index < -0.39 is 10.0 Å². The van der Waals surface area contributed by atoms with Crippen LogP contribution in [0.25, 0.3) is 0 Å². The van der Waals surface area contributed by atoms with Crippen LogP contribution >= 0.6 is 11.6 Å². The standard InChI is InChI=1S/C24H30ClN3O3S/c1-18-4-3-13-28(17-18)32(30,31)23-9-7-21(8-10-23)26-24(29)19-11-14-27(15-12-19)22-6-2-5-20(25)16-22/h2,5-10,16,18-19H,3-4,11-15,17H2,1H3,(H,26,29). The molecule has 0 aromatic heterocycles. The molecule has 0 bridgehead atoms. The Bertz CT molecular complexity index is 1050. The summed E-state index contributed by atoms with van der Waals surface area (Å²) < 4.78 is 27.4. The van der Waals surface area contributed by atoms with Crippen LogP contribution < -0.4 is 10.2 Å². The summed E-state index contributed by atoms with van der Waals surface area (Å²) in [5.74, 6) is 0.294. The molecule has 1 amide bonds. The second-order valence-corrected chi connectivity index (χ2v) is 11.2. The van der Waals surface area contributed by atoms with Gasteiger partial charge in [-0.25, -0.2) is 8.42 Å². The second-order valence-electron chi connectivity index (χ2n) is 8.87. The molecule has 2 aromatic carbocycles. The van der Waals surface area contributed by atoms with Crippen LogP contribution in [0, 0.1) is 11.8 Å². The molecule has 0 saturated carbocycles. The third kappa shape index (κ3) is 5.27. The fraction of sp³-hybridized carbons (Fsp3) is 0.458. The Balaban J connectivity index is 1.33. The Hall–Kier alpha value is -2.09. The predicted octanol–water partition coefficient (Wildman–Crippen LogP) is 4.62. The Morgan fingerprint density at radius 1 is 1.03 bits per heavy atom. The number of carbonyl (C=O) groups is 1. The van der Waals surface area contributed by atoms with Crippen molar-refractivity contribution in [3.05, 3.63) is 53.6 Å². The van der Waals surface area contributed by atoms with E-state index in [1.54, 1.807) is 28.6 Å². The quantitative estimate of drug-likeness (QED) is 0.685. The third-order valence-electron chi connectivity index (χ3n) is 6.42. The highest BCUT2D eigenvalue weighted by Gasteiger charge is 2.29. The highest BCUT2D eigenvalue weighted by molar-refractivity contribution is 7.89. The van der Waals surface area contributed by atoms with Crippen molar-refractivity contribution in [1.29, 1.82) is 0 Å². The van der Waals surface area contributed by atoms with Gasteiger partial charge in [-0.15, -0.1) is 0 Å². The molecule has 32 heavy (non-hydrogen) atoms. The number of sulfonamides is 1. The van der Waals surface area contributed by atoms with E-state index in [9.17, 15) is 13.2 Å². The Morgan fingerprint density at radius 2 is 1.75 bits per heavy atom. The minimum Gasteiger partial charge on any atom is -0.371 e. The Morgan fingerprint density at radius 3 is 2.41 bits per heavy atom. The Kier molecular flexibility index (Phi) is 7.08. The van der Waals surface area contributed by atoms with Crippen molar-refractivity contribution in [3.8, 4) is 0 Å². The highest BCUT2D eigenvalue weighted by Crippen LogP contribution is 2.27. The first-order chi connectivity index (χ1) is 15.3. The zero-order valence-electron chi connectivity index (χ0n) is 18.3. The molecular weight excluding hydrogens is 446 g/mol. The lowest BCUT2D eigenvalue weighted by atomic mass is 9.95. The van der Waals surface area contributed by atoms with Crippen molar-refractivity contribution in [2.75, 3.05) is 36.4 Å². The van der Waals surface area contributed by atoms with E-state index >= 15 is 0 Å². The molecule has 2 aliphatic heterocycles. The van der Waals surface area contributed by atoms with Gasteiger partial charge < -0.3 is 10.2 Å². The first-order valence-corrected chi connectivity index (χ1v) is 13.1. The molecule has 2 heterocycles. The number of rotatable bonds is 5. The molecule has 6 nitrogen and oxygen atoms in total. The number of halogens is 1. The normalized spacial score (nSPS) is 20.8. The third-order valence-corrected chi connectivity index (χ3v) is 8.53. The van der Waals surface area contributed by atoms with E-state index in [2.05, 4.69) is 17.1 Å². The fourth-order valence-corrected chi connectivity index (χ4v) is 6.32. The molecule has 0 spiro atoms. The van der Waals surface area contributed by atoms with Crippen molar-refractivity contribution in [2.45, 2.75) is 37.5 Å². The van der Waals surface area contributed by atoms with Crippen molar-refractivity contribution in [3.63, 3.8) is 0 Å². The van der Waals surface area contributed by atoms with E-state index in [-0.39, 0.29) is 16.7 Å². The minimum absolute atomic E-state index is 0.0174. The maximum Gasteiger partial charge on any atom is 0.243 e. The zero-order chi connectivity index (χ0) is 22.7. The largest absolute Gasteiger partial charge is 0.371 e. The molecule has 172 valence electrons. The molecule has 1 unspecified atom stereocenters. The lowest BCUT2D eigenvalue weighted by Gasteiger charge is -2.33. The SMILES string of the molecule is CC1CCCN(S(=O)(=O)c2ccc(NC(=O)C3CCN(c4cccc(Cl)c4)CC3)cc2)C1. The molecule has 2 aromatic rings. The van der Waals surface area contributed by atoms with Crippen LogP contribution in [-0.4, -0.2) is 44.8 Å². The van der Waals surface area contributed by atoms with Crippen LogP contribution in [0.5, 0.6) is 0 Å². The molecular formula is C24H30ClN3O3S. The van der Waals surface area contributed by atoms with Gasteiger partial charge in [-0.1, -0.05) is 24.6 Å². The number of amides is 1. The van der Waals surface area contributed by atoms with Gasteiger partial charge >= 0.3 is 0 Å². The van der Waals surface area contributed by atoms with Crippen LogP contribution in [0.2, 0.25) is 5.02 Å². The Labute approximate surface area is 195 Å². The van der Waals surface area contributed by atoms with Gasteiger partial charge in [0.1, 0.15) is 0 Å². The van der Waals surface area contributed by atoms with E-state index in [0.717, 1.165) is 44.5 Å². The van der Waals surface area contributed by atoms with Crippen LogP contribution in [0.4, 0.5) is 11.4 Å². The second kappa shape index (κ2) is 9.81. The van der Waals surface area contributed by atoms with Gasteiger partial charge in [0.15, 0.2) is 0 Å². The smallest absolute Gasteiger partial charge is 0.243 e. The van der Waals surface area contributed by atoms with E-state index in [1.165, 1.54) is 0 Å². The first kappa shape index (κ1) is 23.1. The van der Waals surface area contributed by atoms with Crippen LogP contribution in [0.15, 0.2) is 53.4 Å². The summed E-state index contributed by atoms with van der Waals surface area (Å²) in [7, 11) is -3.49. The zero-order valence-corrected chi connectivity index (χ0v) is 19.9. The number of benzene rings is 2. The lowest BCUT2D eigenvalue weighted by molar-refractivity contribution is -0.120. The van der Waals surface area contributed by atoms with Crippen LogP contribution in [-0.2, 0) is 14.8 Å². The van der Waals surface area contributed by atoms with Crippen molar-refractivity contribution >= 4 is 38.9 Å². The monoisotopic (exact) mass is 475 g/mol. The number of hydrogen-bond donors (Lipinski definition) is 1. The van der Waals surface area contributed by atoms with Gasteiger partial charge in [0.2, 0.25) is 15.9 Å². The number of nitrogens with one attached hydrogen (secondary N) is 1. The van der Waals surface area contributed by atoms with E-state index in [4.69, 9.17) is 11.6 Å². The summed E-state index contributed by atoms with van der Waals surface area (Å²) >= 11 is 6.09. The highest BCUT2D eigenvalue weighted by atomic mass is 35.5. The molecule has 2 saturated heterocycles. The average molecular weight is 476 g/mol. The van der Waals surface area contributed by atoms with Gasteiger partial charge in [-0.2, -0.15) is 4.31 Å². The molecule has 8 heteroatoms. The van der Waals surface area contributed by atoms with Crippen molar-refractivity contribution in [1.82, 2.24) is 4.31 Å². The summed E-state index contributed by atoms with van der Waals surface area (Å²) in [4.78, 5) is 15.3. The van der Waals surface area contributed by atoms with Gasteiger partial charge in [0, 0.05) is 48.5 Å². The van der Waals surface area contributed by atoms with Gasteiger partial charge in [-0.05, 0) is 74.1 Å². The fourth-order valence-electron chi connectivity index (χ4n) is 4.54. The van der Waals surface area contributed by atoms with E-state index in [1.807, 2.05) is 24.3 Å². The van der Waals surface area contributed by atoms with Gasteiger partial charge in [-0.3, -0.25) is 4.79 Å². The van der Waals surface area contributed by atoms with Crippen molar-refractivity contribution < 1.29 is 13.2 Å². The minimum atomic E-state index is -3.49. The average Bonchev–Trinajstić information content (AvgIpc) is 2.79. The van der Waals surface area contributed by atoms with Crippen LogP contribution in [0.1, 0.15) is 32.6 Å². The predicted molar refractivity (Wildman–Crippen MR) is 129 cm³/mol. The molecule has 0 radical (unpaired) electrons. The molecule has 2 aliphatic rings. The molecule has 2 fully saturated rings. The topological polar surface area (TPSA) is 69.7 Å². The number of anilines is 2. The van der Waals surface area contributed by atoms with Gasteiger partial charge in [0.25, 0.3) is 0 Å². The first-order valence-electron chi connectivity index (χ1n) is 11.2. The summed E-state index contributed by atoms with van der Waals surface area (Å²) in [6.07, 6.45) is 3.48. The molecule has 1 atom stereocenters. The maximum atomic E-state index is 12.9. The van der Waals surface area contributed by atoms with E-state index in [0.29, 0.717) is 29.7 Å². The number of piperidine rings is 2. The summed E-state index contributed by atoms with van der Waals surface area (Å²) in [5.41, 5.74) is 1.70. The number of nitrogens with zero attached hydrogens (tertiary/aromatic N) is 2. The van der Waals surface area contributed by atoms with Crippen LogP contribution in [0.3, 0.4) is 0 Å². The number of carbonyl (C=O) groups excluding carboxylic acids is 1. The maximum absolute atomic E-state index is 12.9. The summed E-state index contributed by atoms with van der Waals surface area (Å²) in [6.45, 7) is 4.81. The molecule has 0 aliphatic carbocycles. The summed E-state index contributed by atoms with van der Waals surface area (Å²) in [5, 5.41) is 3.66. The number of hydrogen-bond acceptors (Lipinski definition) is 4. The lowest BCUT2D eigenvalue weighted by Crippen LogP contribution is -2.39. The summed E-state index contributed by atoms with van der Waals surface area (Å²) in [6, 6.07) is 14.3.